The van der Waals surface area contributed by atoms with Gasteiger partial charge in [-0.15, -0.1) is 22.0 Å². The quantitative estimate of drug-likeness (QED) is 0.784. The first-order valence-electron chi connectivity index (χ1n) is 5.70. The van der Waals surface area contributed by atoms with Crippen LogP contribution in [-0.4, -0.2) is 43.0 Å². The zero-order valence-corrected chi connectivity index (χ0v) is 12.3. The van der Waals surface area contributed by atoms with Gasteiger partial charge in [0.2, 0.25) is 0 Å². The highest BCUT2D eigenvalue weighted by Crippen LogP contribution is 2.25. The van der Waals surface area contributed by atoms with E-state index in [1.807, 2.05) is 30.5 Å². The summed E-state index contributed by atoms with van der Waals surface area (Å²) >= 11 is 2.67. The summed E-state index contributed by atoms with van der Waals surface area (Å²) in [7, 11) is 0. The summed E-state index contributed by atoms with van der Waals surface area (Å²) in [6.07, 6.45) is 1.97. The van der Waals surface area contributed by atoms with Crippen molar-refractivity contribution in [1.29, 1.82) is 0 Å². The molecule has 2 N–H and O–H groups in total. The predicted molar refractivity (Wildman–Crippen MR) is 77.4 cm³/mol. The van der Waals surface area contributed by atoms with Gasteiger partial charge in [0.25, 0.3) is 0 Å². The number of rotatable bonds is 6. The van der Waals surface area contributed by atoms with E-state index in [2.05, 4.69) is 10.2 Å². The van der Waals surface area contributed by atoms with Crippen LogP contribution in [0.15, 0.2) is 34.3 Å². The van der Waals surface area contributed by atoms with Crippen LogP contribution >= 0.6 is 23.5 Å². The van der Waals surface area contributed by atoms with Crippen LogP contribution in [0.25, 0.3) is 5.69 Å². The third-order valence-electron chi connectivity index (χ3n) is 2.48. The van der Waals surface area contributed by atoms with Crippen molar-refractivity contribution in [3.8, 4) is 5.69 Å². The Balaban J connectivity index is 2.41. The van der Waals surface area contributed by atoms with E-state index in [4.69, 9.17) is 5.11 Å². The number of benzene rings is 1. The third kappa shape index (κ3) is 3.33. The first-order chi connectivity index (χ1) is 9.65. The molecular formula is C12H13N3O3S2. The second-order valence-electron chi connectivity index (χ2n) is 3.78. The number of aromatic nitrogens is 3. The van der Waals surface area contributed by atoms with Crippen LogP contribution in [0, 0.1) is 0 Å². The fourth-order valence-electron chi connectivity index (χ4n) is 1.63. The molecule has 0 aliphatic rings. The van der Waals surface area contributed by atoms with E-state index >= 15 is 0 Å². The lowest BCUT2D eigenvalue weighted by molar-refractivity contribution is -0.133. The third-order valence-corrected chi connectivity index (χ3v) is 4.12. The molecule has 0 atom stereocenters. The van der Waals surface area contributed by atoms with Crippen LogP contribution in [0.2, 0.25) is 0 Å². The normalized spacial score (nSPS) is 10.7. The average Bonchev–Trinajstić information content (AvgIpc) is 2.88. The number of hydrogen-bond donors (Lipinski definition) is 2. The molecule has 8 heteroatoms. The lowest BCUT2D eigenvalue weighted by atomic mass is 10.3. The highest BCUT2D eigenvalue weighted by atomic mass is 32.2. The lowest BCUT2D eigenvalue weighted by Gasteiger charge is -2.09. The number of carboxylic acids is 1. The van der Waals surface area contributed by atoms with E-state index in [0.29, 0.717) is 11.0 Å². The van der Waals surface area contributed by atoms with Crippen LogP contribution in [0.3, 0.4) is 0 Å². The summed E-state index contributed by atoms with van der Waals surface area (Å²) in [4.78, 5) is 11.7. The summed E-state index contributed by atoms with van der Waals surface area (Å²) in [5.74, 6) is -0.643. The van der Waals surface area contributed by atoms with E-state index in [1.54, 1.807) is 16.3 Å². The van der Waals surface area contributed by atoms with E-state index in [9.17, 15) is 9.90 Å². The molecule has 106 valence electrons. The zero-order chi connectivity index (χ0) is 14.5. The molecule has 6 nitrogen and oxygen atoms in total. The smallest absolute Gasteiger partial charge is 0.313 e. The first-order valence-corrected chi connectivity index (χ1v) is 7.91. The number of hydrogen-bond acceptors (Lipinski definition) is 6. The maximum Gasteiger partial charge on any atom is 0.313 e. The molecule has 0 amide bonds. The van der Waals surface area contributed by atoms with Crippen molar-refractivity contribution in [1.82, 2.24) is 14.8 Å². The van der Waals surface area contributed by atoms with Gasteiger partial charge >= 0.3 is 5.97 Å². The van der Waals surface area contributed by atoms with Crippen LogP contribution in [0.5, 0.6) is 0 Å². The highest BCUT2D eigenvalue weighted by molar-refractivity contribution is 7.99. The van der Waals surface area contributed by atoms with Gasteiger partial charge in [-0.3, -0.25) is 9.36 Å². The van der Waals surface area contributed by atoms with Crippen molar-refractivity contribution < 1.29 is 15.0 Å². The number of aliphatic carboxylic acids is 1. The van der Waals surface area contributed by atoms with E-state index in [0.717, 1.165) is 22.3 Å². The number of nitrogens with zero attached hydrogens (tertiary/aromatic N) is 3. The van der Waals surface area contributed by atoms with Crippen LogP contribution < -0.4 is 0 Å². The Bertz CT molecular complexity index is 616. The molecule has 0 bridgehead atoms. The van der Waals surface area contributed by atoms with Gasteiger partial charge in [-0.25, -0.2) is 0 Å². The number of carboxylic acid groups (broad SMARTS) is 1. The largest absolute Gasteiger partial charge is 0.481 e. The van der Waals surface area contributed by atoms with Crippen molar-refractivity contribution in [3.63, 3.8) is 0 Å². The molecule has 0 saturated heterocycles. The number of thioether (sulfide) groups is 2. The summed E-state index contributed by atoms with van der Waals surface area (Å²) < 4.78 is 1.67. The summed E-state index contributed by atoms with van der Waals surface area (Å²) in [6.45, 7) is -0.260. The van der Waals surface area contributed by atoms with E-state index in [-0.39, 0.29) is 12.4 Å². The predicted octanol–water partition coefficient (Wildman–Crippen LogP) is 1.66. The van der Waals surface area contributed by atoms with Gasteiger partial charge in [0.05, 0.1) is 11.4 Å². The number of carbonyl (C=O) groups is 1. The Morgan fingerprint density at radius 1 is 1.40 bits per heavy atom. The van der Waals surface area contributed by atoms with Crippen LogP contribution in [0.4, 0.5) is 0 Å². The Morgan fingerprint density at radius 2 is 2.20 bits per heavy atom. The standard InChI is InChI=1S/C12H13N3O3S2/c1-19-9-4-2-3-8(5-9)15-10(6-16)13-14-12(15)20-7-11(17)18/h2-5,16H,6-7H2,1H3,(H,17,18). The molecule has 0 aliphatic heterocycles. The minimum Gasteiger partial charge on any atom is -0.481 e. The molecule has 1 heterocycles. The minimum atomic E-state index is -0.923. The van der Waals surface area contributed by atoms with Crippen molar-refractivity contribution in [2.45, 2.75) is 16.7 Å². The summed E-state index contributed by atoms with van der Waals surface area (Å²) in [5.41, 5.74) is 0.804. The molecule has 0 unspecified atom stereocenters. The maximum atomic E-state index is 10.7. The monoisotopic (exact) mass is 311 g/mol. The van der Waals surface area contributed by atoms with Crippen LogP contribution in [0.1, 0.15) is 5.82 Å². The van der Waals surface area contributed by atoms with Gasteiger partial charge in [0.15, 0.2) is 11.0 Å². The molecule has 0 radical (unpaired) electrons. The molecule has 2 rings (SSSR count). The van der Waals surface area contributed by atoms with E-state index < -0.39 is 5.97 Å². The van der Waals surface area contributed by atoms with Gasteiger partial charge in [-0.2, -0.15) is 0 Å². The van der Waals surface area contributed by atoms with Gasteiger partial charge in [-0.05, 0) is 24.5 Å². The molecule has 1 aromatic carbocycles. The van der Waals surface area contributed by atoms with Gasteiger partial charge in [0.1, 0.15) is 6.61 Å². The fourth-order valence-corrected chi connectivity index (χ4v) is 2.78. The van der Waals surface area contributed by atoms with Gasteiger partial charge in [0, 0.05) is 4.90 Å². The number of aliphatic hydroxyl groups is 1. The number of aliphatic hydroxyl groups excluding tert-OH is 1. The van der Waals surface area contributed by atoms with Crippen molar-refractivity contribution in [2.24, 2.45) is 0 Å². The zero-order valence-electron chi connectivity index (χ0n) is 10.7. The molecule has 0 aliphatic carbocycles. The second-order valence-corrected chi connectivity index (χ2v) is 5.60. The first kappa shape index (κ1) is 14.9. The topological polar surface area (TPSA) is 88.2 Å². The minimum absolute atomic E-state index is 0.105. The fraction of sp³-hybridized carbons (Fsp3) is 0.250. The molecule has 0 fully saturated rings. The summed E-state index contributed by atoms with van der Waals surface area (Å²) in [5, 5.41) is 26.4. The van der Waals surface area contributed by atoms with Crippen molar-refractivity contribution in [2.75, 3.05) is 12.0 Å². The Labute approximate surface area is 124 Å². The van der Waals surface area contributed by atoms with Crippen LogP contribution in [-0.2, 0) is 11.4 Å². The molecular weight excluding hydrogens is 298 g/mol. The Hall–Kier alpha value is -1.51. The second kappa shape index (κ2) is 6.78. The maximum absolute atomic E-state index is 10.7. The SMILES string of the molecule is CSc1cccc(-n2c(CO)nnc2SCC(=O)O)c1. The average molecular weight is 311 g/mol. The molecule has 1 aromatic heterocycles. The van der Waals surface area contributed by atoms with Gasteiger partial charge < -0.3 is 10.2 Å². The molecule has 20 heavy (non-hydrogen) atoms. The molecule has 0 saturated carbocycles. The Kier molecular flexibility index (Phi) is 5.05. The van der Waals surface area contributed by atoms with Crippen molar-refractivity contribution in [3.05, 3.63) is 30.1 Å². The lowest BCUT2D eigenvalue weighted by Crippen LogP contribution is -2.05. The summed E-state index contributed by atoms with van der Waals surface area (Å²) in [6, 6.07) is 7.68. The molecule has 0 spiro atoms. The highest BCUT2D eigenvalue weighted by Gasteiger charge is 2.15. The van der Waals surface area contributed by atoms with Gasteiger partial charge in [-0.1, -0.05) is 17.8 Å². The van der Waals surface area contributed by atoms with E-state index in [1.165, 1.54) is 0 Å². The van der Waals surface area contributed by atoms with Crippen molar-refractivity contribution >= 4 is 29.5 Å². The Morgan fingerprint density at radius 3 is 2.85 bits per heavy atom. The molecule has 2 aromatic rings.